The summed E-state index contributed by atoms with van der Waals surface area (Å²) in [5.74, 6) is 0.441. The highest BCUT2D eigenvalue weighted by molar-refractivity contribution is 6.00. The first-order chi connectivity index (χ1) is 9.58. The number of nitrogens with one attached hydrogen (secondary N) is 1. The molecule has 1 aliphatic rings. The summed E-state index contributed by atoms with van der Waals surface area (Å²) < 4.78 is 10.4. The predicted molar refractivity (Wildman–Crippen MR) is 73.1 cm³/mol. The Morgan fingerprint density at radius 1 is 1.35 bits per heavy atom. The van der Waals surface area contributed by atoms with Crippen LogP contribution in [0.2, 0.25) is 0 Å². The van der Waals surface area contributed by atoms with E-state index in [-0.39, 0.29) is 11.8 Å². The van der Waals surface area contributed by atoms with E-state index in [1.165, 1.54) is 14.2 Å². The van der Waals surface area contributed by atoms with Gasteiger partial charge >= 0.3 is 0 Å². The zero-order valence-electron chi connectivity index (χ0n) is 11.8. The molecule has 1 atom stereocenters. The Morgan fingerprint density at radius 3 is 2.65 bits per heavy atom. The predicted octanol–water partition coefficient (Wildman–Crippen LogP) is 0.664. The molecule has 1 N–H and O–H groups in total. The lowest BCUT2D eigenvalue weighted by Gasteiger charge is -2.15. The second-order valence-electron chi connectivity index (χ2n) is 4.62. The van der Waals surface area contributed by atoms with Crippen molar-refractivity contribution in [1.82, 2.24) is 10.2 Å². The lowest BCUT2D eigenvalue weighted by atomic mass is 10.1. The highest BCUT2D eigenvalue weighted by Crippen LogP contribution is 2.30. The van der Waals surface area contributed by atoms with Crippen LogP contribution in [0, 0.1) is 0 Å². The molecule has 0 unspecified atom stereocenters. The number of likely N-dealkylation sites (tertiary alicyclic amines) is 1. The molecule has 6 nitrogen and oxygen atoms in total. The maximum absolute atomic E-state index is 12.3. The summed E-state index contributed by atoms with van der Waals surface area (Å²) in [6, 6.07) is 4.59. The molecule has 1 saturated heterocycles. The summed E-state index contributed by atoms with van der Waals surface area (Å²) in [4.78, 5) is 25.7. The van der Waals surface area contributed by atoms with Crippen LogP contribution in [0.15, 0.2) is 18.2 Å². The third-order valence-corrected chi connectivity index (χ3v) is 3.38. The second-order valence-corrected chi connectivity index (χ2v) is 4.62. The van der Waals surface area contributed by atoms with E-state index in [9.17, 15) is 9.59 Å². The van der Waals surface area contributed by atoms with Crippen molar-refractivity contribution < 1.29 is 19.1 Å². The third kappa shape index (κ3) is 2.54. The minimum absolute atomic E-state index is 0.0692. The molecule has 108 valence electrons. The van der Waals surface area contributed by atoms with E-state index in [4.69, 9.17) is 9.47 Å². The zero-order valence-corrected chi connectivity index (χ0v) is 11.8. The largest absolute Gasteiger partial charge is 0.493 e. The molecule has 1 aliphatic heterocycles. The van der Waals surface area contributed by atoms with Gasteiger partial charge in [-0.05, 0) is 18.6 Å². The number of ether oxygens (including phenoxy) is 2. The fourth-order valence-corrected chi connectivity index (χ4v) is 2.26. The van der Waals surface area contributed by atoms with Gasteiger partial charge in [-0.15, -0.1) is 0 Å². The molecule has 20 heavy (non-hydrogen) atoms. The molecule has 0 saturated carbocycles. The molecular formula is C14H18N2O4. The van der Waals surface area contributed by atoms with E-state index < -0.39 is 6.04 Å². The molecule has 1 aromatic carbocycles. The van der Waals surface area contributed by atoms with Crippen molar-refractivity contribution in [2.24, 2.45) is 0 Å². The maximum atomic E-state index is 12.3. The molecule has 2 amide bonds. The third-order valence-electron chi connectivity index (χ3n) is 3.38. The van der Waals surface area contributed by atoms with E-state index >= 15 is 0 Å². The average molecular weight is 278 g/mol. The number of para-hydroxylation sites is 1. The van der Waals surface area contributed by atoms with Crippen LogP contribution in [0.1, 0.15) is 16.8 Å². The number of methoxy groups -OCH3 is 2. The van der Waals surface area contributed by atoms with Gasteiger partial charge < -0.3 is 19.7 Å². The topological polar surface area (TPSA) is 67.9 Å². The number of benzene rings is 1. The lowest BCUT2D eigenvalue weighted by Crippen LogP contribution is -2.40. The van der Waals surface area contributed by atoms with Crippen molar-refractivity contribution in [2.75, 3.05) is 27.8 Å². The molecular weight excluding hydrogens is 260 g/mol. The molecule has 0 aliphatic carbocycles. The summed E-state index contributed by atoms with van der Waals surface area (Å²) in [7, 11) is 4.71. The number of rotatable bonds is 4. The molecule has 1 fully saturated rings. The van der Waals surface area contributed by atoms with Gasteiger partial charge in [0, 0.05) is 13.6 Å². The first kappa shape index (κ1) is 14.2. The molecule has 6 heteroatoms. The van der Waals surface area contributed by atoms with Crippen LogP contribution in [-0.4, -0.2) is 50.6 Å². The first-order valence-corrected chi connectivity index (χ1v) is 6.35. The number of hydrogen-bond acceptors (Lipinski definition) is 4. The van der Waals surface area contributed by atoms with Gasteiger partial charge in [0.15, 0.2) is 11.5 Å². The normalized spacial score (nSPS) is 18.1. The zero-order chi connectivity index (χ0) is 14.7. The van der Waals surface area contributed by atoms with Crippen molar-refractivity contribution in [3.63, 3.8) is 0 Å². The van der Waals surface area contributed by atoms with Gasteiger partial charge in [-0.25, -0.2) is 0 Å². The molecule has 2 rings (SSSR count). The summed E-state index contributed by atoms with van der Waals surface area (Å²) in [5.41, 5.74) is 0.356. The van der Waals surface area contributed by atoms with E-state index in [0.717, 1.165) is 0 Å². The Morgan fingerprint density at radius 2 is 2.10 bits per heavy atom. The number of likely N-dealkylation sites (N-methyl/N-ethyl adjacent to an activating group) is 1. The maximum Gasteiger partial charge on any atom is 0.255 e. The van der Waals surface area contributed by atoms with E-state index in [2.05, 4.69) is 5.32 Å². The Hall–Kier alpha value is -2.24. The molecule has 0 aromatic heterocycles. The van der Waals surface area contributed by atoms with Crippen LogP contribution in [0.25, 0.3) is 0 Å². The molecule has 1 heterocycles. The highest BCUT2D eigenvalue weighted by atomic mass is 16.5. The Labute approximate surface area is 117 Å². The van der Waals surface area contributed by atoms with Gasteiger partial charge in [-0.2, -0.15) is 0 Å². The standard InChI is InChI=1S/C14H18N2O4/c1-16-8-7-10(14(16)18)15-13(17)9-5-4-6-11(19-2)12(9)20-3/h4-6,10H,7-8H2,1-3H3,(H,15,17)/t10-/m1/s1. The van der Waals surface area contributed by atoms with Gasteiger partial charge in [0.05, 0.1) is 19.8 Å². The van der Waals surface area contributed by atoms with Crippen LogP contribution >= 0.6 is 0 Å². The Balaban J connectivity index is 2.19. The van der Waals surface area contributed by atoms with Gasteiger partial charge in [0.2, 0.25) is 5.91 Å². The van der Waals surface area contributed by atoms with Crippen molar-refractivity contribution in [3.05, 3.63) is 23.8 Å². The van der Waals surface area contributed by atoms with E-state index in [0.29, 0.717) is 30.0 Å². The van der Waals surface area contributed by atoms with Crippen molar-refractivity contribution in [1.29, 1.82) is 0 Å². The molecule has 0 spiro atoms. The number of nitrogens with zero attached hydrogens (tertiary/aromatic N) is 1. The number of hydrogen-bond donors (Lipinski definition) is 1. The Bertz CT molecular complexity index is 530. The summed E-state index contributed by atoms with van der Waals surface area (Å²) in [6.45, 7) is 0.652. The first-order valence-electron chi connectivity index (χ1n) is 6.35. The van der Waals surface area contributed by atoms with Crippen LogP contribution in [0.5, 0.6) is 11.5 Å². The quantitative estimate of drug-likeness (QED) is 0.878. The lowest BCUT2D eigenvalue weighted by molar-refractivity contribution is -0.128. The summed E-state index contributed by atoms with van der Waals surface area (Å²) >= 11 is 0. The Kier molecular flexibility index (Phi) is 4.12. The molecule has 1 aromatic rings. The van der Waals surface area contributed by atoms with E-state index in [1.807, 2.05) is 0 Å². The average Bonchev–Trinajstić information content (AvgIpc) is 2.78. The molecule has 0 radical (unpaired) electrons. The van der Waals surface area contributed by atoms with Gasteiger partial charge in [0.25, 0.3) is 5.91 Å². The van der Waals surface area contributed by atoms with Crippen molar-refractivity contribution in [3.8, 4) is 11.5 Å². The van der Waals surface area contributed by atoms with Crippen LogP contribution in [0.3, 0.4) is 0 Å². The summed E-state index contributed by atoms with van der Waals surface area (Å²) in [6.07, 6.45) is 0.618. The fraction of sp³-hybridized carbons (Fsp3) is 0.429. The fourth-order valence-electron chi connectivity index (χ4n) is 2.26. The van der Waals surface area contributed by atoms with E-state index in [1.54, 1.807) is 30.1 Å². The minimum atomic E-state index is -0.469. The van der Waals surface area contributed by atoms with Crippen LogP contribution < -0.4 is 14.8 Å². The van der Waals surface area contributed by atoms with Crippen molar-refractivity contribution in [2.45, 2.75) is 12.5 Å². The van der Waals surface area contributed by atoms with Crippen LogP contribution in [0.4, 0.5) is 0 Å². The number of carbonyl (C=O) groups excluding carboxylic acids is 2. The van der Waals surface area contributed by atoms with Gasteiger partial charge in [-0.1, -0.05) is 6.07 Å². The second kappa shape index (κ2) is 5.81. The minimum Gasteiger partial charge on any atom is -0.493 e. The highest BCUT2D eigenvalue weighted by Gasteiger charge is 2.31. The monoisotopic (exact) mass is 278 g/mol. The number of amides is 2. The SMILES string of the molecule is COc1cccc(C(=O)N[C@@H]2CCN(C)C2=O)c1OC. The van der Waals surface area contributed by atoms with Crippen LogP contribution in [-0.2, 0) is 4.79 Å². The molecule has 0 bridgehead atoms. The smallest absolute Gasteiger partial charge is 0.255 e. The number of carbonyl (C=O) groups is 2. The van der Waals surface area contributed by atoms with Gasteiger partial charge in [-0.3, -0.25) is 9.59 Å². The van der Waals surface area contributed by atoms with Crippen molar-refractivity contribution >= 4 is 11.8 Å². The van der Waals surface area contributed by atoms with Gasteiger partial charge in [0.1, 0.15) is 6.04 Å². The summed E-state index contributed by atoms with van der Waals surface area (Å²) in [5, 5.41) is 2.74.